The monoisotopic (exact) mass is 266 g/mol. The Morgan fingerprint density at radius 2 is 2.00 bits per heavy atom. The van der Waals surface area contributed by atoms with Crippen LogP contribution in [0.2, 0.25) is 0 Å². The number of nitrogens with two attached hydrogens (primary N) is 1. The molecule has 1 aromatic rings. The molecule has 1 atom stereocenters. The SMILES string of the molecule is CC(C)NC(C)(CSCc1ccccc1)C(N)=O. The van der Waals surface area contributed by atoms with Gasteiger partial charge in [0.15, 0.2) is 0 Å². The number of benzene rings is 1. The molecule has 0 aliphatic heterocycles. The molecule has 1 amide bonds. The molecule has 0 saturated heterocycles. The van der Waals surface area contributed by atoms with E-state index >= 15 is 0 Å². The Kier molecular flexibility index (Phi) is 5.69. The Morgan fingerprint density at radius 3 is 2.50 bits per heavy atom. The van der Waals surface area contributed by atoms with Crippen molar-refractivity contribution in [2.75, 3.05) is 5.75 Å². The van der Waals surface area contributed by atoms with Gasteiger partial charge in [0.25, 0.3) is 0 Å². The molecule has 1 rings (SSSR count). The number of carbonyl (C=O) groups excluding carboxylic acids is 1. The zero-order valence-electron chi connectivity index (χ0n) is 11.3. The average Bonchev–Trinajstić information content (AvgIpc) is 2.29. The highest BCUT2D eigenvalue weighted by Crippen LogP contribution is 2.18. The van der Waals surface area contributed by atoms with E-state index in [9.17, 15) is 4.79 Å². The summed E-state index contributed by atoms with van der Waals surface area (Å²) in [5, 5.41) is 3.25. The van der Waals surface area contributed by atoms with E-state index in [0.29, 0.717) is 5.75 Å². The standard InChI is InChI=1S/C14H22N2OS/c1-11(2)16-14(3,13(15)17)10-18-9-12-7-5-4-6-8-12/h4-8,11,16H,9-10H2,1-3H3,(H2,15,17). The molecule has 0 bridgehead atoms. The van der Waals surface area contributed by atoms with Crippen molar-refractivity contribution in [2.24, 2.45) is 5.73 Å². The highest BCUT2D eigenvalue weighted by molar-refractivity contribution is 7.98. The Morgan fingerprint density at radius 1 is 1.39 bits per heavy atom. The number of nitrogens with one attached hydrogen (secondary N) is 1. The lowest BCUT2D eigenvalue weighted by atomic mass is 10.0. The minimum Gasteiger partial charge on any atom is -0.368 e. The maximum atomic E-state index is 11.5. The van der Waals surface area contributed by atoms with Crippen molar-refractivity contribution >= 4 is 17.7 Å². The van der Waals surface area contributed by atoms with Crippen LogP contribution >= 0.6 is 11.8 Å². The van der Waals surface area contributed by atoms with Gasteiger partial charge in [-0.2, -0.15) is 11.8 Å². The summed E-state index contributed by atoms with van der Waals surface area (Å²) >= 11 is 1.72. The number of hydrogen-bond acceptors (Lipinski definition) is 3. The molecule has 0 heterocycles. The summed E-state index contributed by atoms with van der Waals surface area (Å²) < 4.78 is 0. The molecule has 4 heteroatoms. The van der Waals surface area contributed by atoms with Gasteiger partial charge in [-0.1, -0.05) is 30.3 Å². The van der Waals surface area contributed by atoms with E-state index in [1.54, 1.807) is 11.8 Å². The van der Waals surface area contributed by atoms with E-state index < -0.39 is 5.54 Å². The molecule has 0 radical (unpaired) electrons. The van der Waals surface area contributed by atoms with Crippen LogP contribution in [0.1, 0.15) is 26.3 Å². The normalized spacial score (nSPS) is 14.4. The van der Waals surface area contributed by atoms with Crippen molar-refractivity contribution in [1.29, 1.82) is 0 Å². The fourth-order valence-corrected chi connectivity index (χ4v) is 2.93. The summed E-state index contributed by atoms with van der Waals surface area (Å²) in [5.41, 5.74) is 6.10. The van der Waals surface area contributed by atoms with Gasteiger partial charge in [0.1, 0.15) is 5.54 Å². The Balaban J connectivity index is 2.50. The van der Waals surface area contributed by atoms with Gasteiger partial charge < -0.3 is 11.1 Å². The number of primary amides is 1. The number of hydrogen-bond donors (Lipinski definition) is 2. The number of amides is 1. The van der Waals surface area contributed by atoms with Gasteiger partial charge >= 0.3 is 0 Å². The van der Waals surface area contributed by atoms with Crippen molar-refractivity contribution in [2.45, 2.75) is 38.1 Å². The number of thioether (sulfide) groups is 1. The molecular formula is C14H22N2OS. The van der Waals surface area contributed by atoms with Gasteiger partial charge in [0.2, 0.25) is 5.91 Å². The predicted octanol–water partition coefficient (Wildman–Crippen LogP) is 2.16. The molecule has 3 N–H and O–H groups in total. The van der Waals surface area contributed by atoms with Gasteiger partial charge in [-0.3, -0.25) is 4.79 Å². The number of rotatable bonds is 7. The highest BCUT2D eigenvalue weighted by Gasteiger charge is 2.31. The summed E-state index contributed by atoms with van der Waals surface area (Å²) in [7, 11) is 0. The van der Waals surface area contributed by atoms with Crippen LogP contribution in [-0.2, 0) is 10.5 Å². The maximum absolute atomic E-state index is 11.5. The maximum Gasteiger partial charge on any atom is 0.238 e. The molecule has 0 aliphatic carbocycles. The summed E-state index contributed by atoms with van der Waals surface area (Å²) in [6.45, 7) is 5.90. The predicted molar refractivity (Wildman–Crippen MR) is 78.5 cm³/mol. The van der Waals surface area contributed by atoms with E-state index in [1.165, 1.54) is 5.56 Å². The summed E-state index contributed by atoms with van der Waals surface area (Å²) in [5.74, 6) is 1.27. The smallest absolute Gasteiger partial charge is 0.238 e. The Hall–Kier alpha value is -1.00. The van der Waals surface area contributed by atoms with Crippen molar-refractivity contribution < 1.29 is 4.79 Å². The minimum atomic E-state index is -0.645. The molecule has 0 aromatic heterocycles. The highest BCUT2D eigenvalue weighted by atomic mass is 32.2. The Bertz CT molecular complexity index is 381. The lowest BCUT2D eigenvalue weighted by Crippen LogP contribution is -2.57. The average molecular weight is 266 g/mol. The van der Waals surface area contributed by atoms with Crippen LogP contribution in [0.3, 0.4) is 0 Å². The van der Waals surface area contributed by atoms with Crippen molar-refractivity contribution in [3.63, 3.8) is 0 Å². The quantitative estimate of drug-likeness (QED) is 0.795. The zero-order chi connectivity index (χ0) is 13.6. The van der Waals surface area contributed by atoms with Crippen LogP contribution in [0, 0.1) is 0 Å². The van der Waals surface area contributed by atoms with Gasteiger partial charge in [-0.15, -0.1) is 0 Å². The van der Waals surface area contributed by atoms with Crippen LogP contribution in [0.15, 0.2) is 30.3 Å². The molecule has 100 valence electrons. The van der Waals surface area contributed by atoms with E-state index in [-0.39, 0.29) is 11.9 Å². The number of carbonyl (C=O) groups is 1. The van der Waals surface area contributed by atoms with Crippen molar-refractivity contribution in [3.05, 3.63) is 35.9 Å². The van der Waals surface area contributed by atoms with Crippen molar-refractivity contribution in [3.8, 4) is 0 Å². The molecular weight excluding hydrogens is 244 g/mol. The fourth-order valence-electron chi connectivity index (χ4n) is 1.77. The third-order valence-corrected chi connectivity index (χ3v) is 3.97. The van der Waals surface area contributed by atoms with Gasteiger partial charge in [-0.25, -0.2) is 0 Å². The topological polar surface area (TPSA) is 55.1 Å². The van der Waals surface area contributed by atoms with Crippen LogP contribution in [0.5, 0.6) is 0 Å². The second-order valence-corrected chi connectivity index (χ2v) is 5.96. The summed E-state index contributed by atoms with van der Waals surface area (Å²) in [6.07, 6.45) is 0. The van der Waals surface area contributed by atoms with Gasteiger partial charge in [0, 0.05) is 17.5 Å². The Labute approximate surface area is 114 Å². The molecule has 3 nitrogen and oxygen atoms in total. The third-order valence-electron chi connectivity index (χ3n) is 2.65. The fraction of sp³-hybridized carbons (Fsp3) is 0.500. The largest absolute Gasteiger partial charge is 0.368 e. The van der Waals surface area contributed by atoms with Crippen LogP contribution in [-0.4, -0.2) is 23.2 Å². The lowest BCUT2D eigenvalue weighted by molar-refractivity contribution is -0.123. The minimum absolute atomic E-state index is 0.236. The molecule has 1 unspecified atom stereocenters. The molecule has 0 fully saturated rings. The molecule has 0 aliphatic rings. The van der Waals surface area contributed by atoms with Crippen LogP contribution in [0.25, 0.3) is 0 Å². The molecule has 0 spiro atoms. The van der Waals surface area contributed by atoms with E-state index in [4.69, 9.17) is 5.73 Å². The first kappa shape index (κ1) is 15.1. The van der Waals surface area contributed by atoms with E-state index in [0.717, 1.165) is 5.75 Å². The van der Waals surface area contributed by atoms with Gasteiger partial charge in [-0.05, 0) is 26.3 Å². The lowest BCUT2D eigenvalue weighted by Gasteiger charge is -2.29. The molecule has 18 heavy (non-hydrogen) atoms. The van der Waals surface area contributed by atoms with E-state index in [2.05, 4.69) is 17.4 Å². The third kappa shape index (κ3) is 4.70. The van der Waals surface area contributed by atoms with Crippen LogP contribution < -0.4 is 11.1 Å². The second-order valence-electron chi connectivity index (χ2n) is 4.97. The summed E-state index contributed by atoms with van der Waals surface area (Å²) in [6, 6.07) is 10.5. The first-order valence-corrected chi connectivity index (χ1v) is 7.29. The second kappa shape index (κ2) is 6.81. The van der Waals surface area contributed by atoms with Gasteiger partial charge in [0.05, 0.1) is 0 Å². The zero-order valence-corrected chi connectivity index (χ0v) is 12.1. The van der Waals surface area contributed by atoms with E-state index in [1.807, 2.05) is 39.0 Å². The molecule has 1 aromatic carbocycles. The summed E-state index contributed by atoms with van der Waals surface area (Å²) in [4.78, 5) is 11.5. The van der Waals surface area contributed by atoms with Crippen molar-refractivity contribution in [1.82, 2.24) is 5.32 Å². The first-order valence-electron chi connectivity index (χ1n) is 6.13. The van der Waals surface area contributed by atoms with Crippen LogP contribution in [0.4, 0.5) is 0 Å². The first-order chi connectivity index (χ1) is 8.44. The molecule has 0 saturated carbocycles.